The van der Waals surface area contributed by atoms with Crippen molar-refractivity contribution in [2.75, 3.05) is 11.1 Å². The van der Waals surface area contributed by atoms with Gasteiger partial charge in [0.25, 0.3) is 0 Å². The molecule has 4 N–H and O–H groups in total. The molecule has 0 aliphatic carbocycles. The number of fused-ring (bicyclic) bond motifs is 3. The Balaban J connectivity index is 1.95. The average Bonchev–Trinajstić information content (AvgIpc) is 2.93. The van der Waals surface area contributed by atoms with Crippen molar-refractivity contribution >= 4 is 50.7 Å². The van der Waals surface area contributed by atoms with E-state index >= 15 is 0 Å². The highest BCUT2D eigenvalue weighted by molar-refractivity contribution is 6.31. The molecule has 2 heterocycles. The van der Waals surface area contributed by atoms with Gasteiger partial charge in [0.15, 0.2) is 5.82 Å². The predicted octanol–water partition coefficient (Wildman–Crippen LogP) is 4.40. The van der Waals surface area contributed by atoms with Gasteiger partial charge in [0.2, 0.25) is 0 Å². The van der Waals surface area contributed by atoms with Crippen LogP contribution in [0, 0.1) is 6.92 Å². The highest BCUT2D eigenvalue weighted by Crippen LogP contribution is 2.34. The standard InChI is InChI=1S/C17H14ClN5/c1-9-2-5-11(6-3-9)20-17-14-15(22-23-16(14)19)12-8-10(18)4-7-13(12)21-17/h2-8H,1H3,(H,20,21)(H3,19,22,23). The third kappa shape index (κ3) is 2.35. The van der Waals surface area contributed by atoms with Crippen molar-refractivity contribution in [2.45, 2.75) is 6.92 Å². The molecule has 2 aromatic heterocycles. The summed E-state index contributed by atoms with van der Waals surface area (Å²) in [6.07, 6.45) is 0. The summed E-state index contributed by atoms with van der Waals surface area (Å²) in [6, 6.07) is 13.7. The maximum atomic E-state index is 6.10. The lowest BCUT2D eigenvalue weighted by atomic mass is 10.1. The Morgan fingerprint density at radius 2 is 1.91 bits per heavy atom. The number of aromatic nitrogens is 3. The van der Waals surface area contributed by atoms with Crippen molar-refractivity contribution in [3.8, 4) is 0 Å². The molecule has 0 saturated heterocycles. The van der Waals surface area contributed by atoms with E-state index in [9.17, 15) is 0 Å². The maximum Gasteiger partial charge on any atom is 0.156 e. The number of benzene rings is 2. The molecule has 114 valence electrons. The van der Waals surface area contributed by atoms with Gasteiger partial charge in [-0.2, -0.15) is 5.10 Å². The SMILES string of the molecule is Cc1ccc(Nc2nc3ccc(Cl)cc3c3[nH]nc(N)c23)cc1. The van der Waals surface area contributed by atoms with Crippen LogP contribution in [0.4, 0.5) is 17.3 Å². The van der Waals surface area contributed by atoms with E-state index in [1.807, 2.05) is 49.4 Å². The largest absolute Gasteiger partial charge is 0.382 e. The van der Waals surface area contributed by atoms with Crippen LogP contribution in [0.2, 0.25) is 5.02 Å². The number of nitrogens with two attached hydrogens (primary N) is 1. The van der Waals surface area contributed by atoms with Crippen LogP contribution in [0.15, 0.2) is 42.5 Å². The van der Waals surface area contributed by atoms with Crippen LogP contribution >= 0.6 is 11.6 Å². The molecule has 2 aromatic carbocycles. The van der Waals surface area contributed by atoms with Crippen molar-refractivity contribution in [1.82, 2.24) is 15.2 Å². The van der Waals surface area contributed by atoms with E-state index in [-0.39, 0.29) is 0 Å². The highest BCUT2D eigenvalue weighted by Gasteiger charge is 2.14. The summed E-state index contributed by atoms with van der Waals surface area (Å²) in [5.41, 5.74) is 9.81. The number of halogens is 1. The van der Waals surface area contributed by atoms with Crippen LogP contribution in [0.25, 0.3) is 21.8 Å². The minimum absolute atomic E-state index is 0.406. The number of nitrogens with zero attached hydrogens (tertiary/aromatic N) is 2. The monoisotopic (exact) mass is 323 g/mol. The average molecular weight is 324 g/mol. The van der Waals surface area contributed by atoms with E-state index in [4.69, 9.17) is 17.3 Å². The molecule has 0 saturated carbocycles. The van der Waals surface area contributed by atoms with E-state index in [1.54, 1.807) is 0 Å². The van der Waals surface area contributed by atoms with Crippen LogP contribution in [0.3, 0.4) is 0 Å². The van der Waals surface area contributed by atoms with Gasteiger partial charge in [-0.3, -0.25) is 5.10 Å². The maximum absolute atomic E-state index is 6.10. The van der Waals surface area contributed by atoms with Gasteiger partial charge in [-0.25, -0.2) is 4.98 Å². The molecule has 0 atom stereocenters. The summed E-state index contributed by atoms with van der Waals surface area (Å²) in [4.78, 5) is 4.69. The van der Waals surface area contributed by atoms with Gasteiger partial charge in [-0.1, -0.05) is 29.3 Å². The second-order valence-corrected chi connectivity index (χ2v) is 5.91. The zero-order valence-electron chi connectivity index (χ0n) is 12.4. The topological polar surface area (TPSA) is 79.6 Å². The van der Waals surface area contributed by atoms with Gasteiger partial charge in [-0.05, 0) is 37.3 Å². The molecule has 0 amide bonds. The lowest BCUT2D eigenvalue weighted by Crippen LogP contribution is -1.97. The molecule has 4 aromatic rings. The summed E-state index contributed by atoms with van der Waals surface area (Å²) in [5.74, 6) is 1.08. The first-order valence-corrected chi connectivity index (χ1v) is 7.56. The molecule has 6 heteroatoms. The van der Waals surface area contributed by atoms with Gasteiger partial charge >= 0.3 is 0 Å². The Kier molecular flexibility index (Phi) is 3.09. The Bertz CT molecular complexity index is 1020. The lowest BCUT2D eigenvalue weighted by Gasteiger charge is -2.10. The van der Waals surface area contributed by atoms with Gasteiger partial charge in [0.1, 0.15) is 5.82 Å². The zero-order valence-corrected chi connectivity index (χ0v) is 13.1. The van der Waals surface area contributed by atoms with Crippen molar-refractivity contribution in [2.24, 2.45) is 0 Å². The number of aryl methyl sites for hydroxylation is 1. The molecular formula is C17H14ClN5. The van der Waals surface area contributed by atoms with Gasteiger partial charge in [0.05, 0.1) is 16.4 Å². The first-order valence-electron chi connectivity index (χ1n) is 7.18. The first kappa shape index (κ1) is 13.8. The Labute approximate surface area is 137 Å². The summed E-state index contributed by atoms with van der Waals surface area (Å²) >= 11 is 6.10. The molecule has 0 aliphatic heterocycles. The fourth-order valence-electron chi connectivity index (χ4n) is 2.64. The second-order valence-electron chi connectivity index (χ2n) is 5.47. The van der Waals surface area contributed by atoms with Crippen molar-refractivity contribution < 1.29 is 0 Å². The number of hydrogen-bond acceptors (Lipinski definition) is 4. The van der Waals surface area contributed by atoms with Crippen LogP contribution in [0.1, 0.15) is 5.56 Å². The summed E-state index contributed by atoms with van der Waals surface area (Å²) < 4.78 is 0. The summed E-state index contributed by atoms with van der Waals surface area (Å²) in [6.45, 7) is 2.05. The highest BCUT2D eigenvalue weighted by atomic mass is 35.5. The number of H-pyrrole nitrogens is 1. The molecule has 0 fully saturated rings. The quantitative estimate of drug-likeness (QED) is 0.511. The van der Waals surface area contributed by atoms with E-state index in [0.29, 0.717) is 16.7 Å². The fourth-order valence-corrected chi connectivity index (χ4v) is 2.81. The third-order valence-electron chi connectivity index (χ3n) is 3.81. The molecule has 0 spiro atoms. The summed E-state index contributed by atoms with van der Waals surface area (Å²) in [7, 11) is 0. The number of aromatic amines is 1. The van der Waals surface area contributed by atoms with Crippen molar-refractivity contribution in [3.05, 3.63) is 53.1 Å². The lowest BCUT2D eigenvalue weighted by molar-refractivity contribution is 1.13. The molecule has 0 aliphatic rings. The van der Waals surface area contributed by atoms with Crippen LogP contribution < -0.4 is 11.1 Å². The minimum atomic E-state index is 0.406. The number of nitrogen functional groups attached to an aromatic ring is 1. The van der Waals surface area contributed by atoms with Crippen LogP contribution in [-0.4, -0.2) is 15.2 Å². The van der Waals surface area contributed by atoms with Crippen LogP contribution in [0.5, 0.6) is 0 Å². The summed E-state index contributed by atoms with van der Waals surface area (Å²) in [5, 5.41) is 12.7. The second kappa shape index (κ2) is 5.14. The molecule has 0 radical (unpaired) electrons. The number of rotatable bonds is 2. The van der Waals surface area contributed by atoms with Crippen LogP contribution in [-0.2, 0) is 0 Å². The Morgan fingerprint density at radius 1 is 1.13 bits per heavy atom. The van der Waals surface area contributed by atoms with E-state index in [2.05, 4.69) is 20.5 Å². The molecule has 5 nitrogen and oxygen atoms in total. The third-order valence-corrected chi connectivity index (χ3v) is 4.04. The van der Waals surface area contributed by atoms with Gasteiger partial charge in [0, 0.05) is 16.1 Å². The minimum Gasteiger partial charge on any atom is -0.382 e. The first-order chi connectivity index (χ1) is 11.1. The molecule has 4 rings (SSSR count). The molecule has 23 heavy (non-hydrogen) atoms. The Hall–Kier alpha value is -2.79. The smallest absolute Gasteiger partial charge is 0.156 e. The molecular weight excluding hydrogens is 310 g/mol. The van der Waals surface area contributed by atoms with E-state index < -0.39 is 0 Å². The normalized spacial score (nSPS) is 11.2. The molecule has 0 unspecified atom stereocenters. The van der Waals surface area contributed by atoms with E-state index in [1.165, 1.54) is 5.56 Å². The zero-order chi connectivity index (χ0) is 16.0. The predicted molar refractivity (Wildman–Crippen MR) is 95.3 cm³/mol. The van der Waals surface area contributed by atoms with Gasteiger partial charge in [-0.15, -0.1) is 0 Å². The fraction of sp³-hybridized carbons (Fsp3) is 0.0588. The van der Waals surface area contributed by atoms with Gasteiger partial charge < -0.3 is 11.1 Å². The Morgan fingerprint density at radius 3 is 2.70 bits per heavy atom. The number of pyridine rings is 1. The van der Waals surface area contributed by atoms with Crippen molar-refractivity contribution in [1.29, 1.82) is 0 Å². The number of hydrogen-bond donors (Lipinski definition) is 3. The molecule has 0 bridgehead atoms. The van der Waals surface area contributed by atoms with E-state index in [0.717, 1.165) is 27.5 Å². The van der Waals surface area contributed by atoms with Crippen molar-refractivity contribution in [3.63, 3.8) is 0 Å². The number of anilines is 3. The number of nitrogens with one attached hydrogen (secondary N) is 2.